The van der Waals surface area contributed by atoms with Crippen molar-refractivity contribution in [3.05, 3.63) is 0 Å². The normalized spacial score (nSPS) is 35.9. The van der Waals surface area contributed by atoms with Crippen LogP contribution in [0.3, 0.4) is 0 Å². The lowest BCUT2D eigenvalue weighted by Crippen LogP contribution is -2.57. The van der Waals surface area contributed by atoms with Crippen molar-refractivity contribution in [2.45, 2.75) is 51.8 Å². The molecule has 0 aliphatic carbocycles. The largest absolute Gasteiger partial charge is 0.375 e. The quantitative estimate of drug-likeness (QED) is 0.819. The molecule has 2 heterocycles. The molecule has 0 saturated carbocycles. The highest BCUT2D eigenvalue weighted by molar-refractivity contribution is 7.86. The van der Waals surface area contributed by atoms with Crippen LogP contribution in [0.15, 0.2) is 0 Å². The second kappa shape index (κ2) is 6.27. The lowest BCUT2D eigenvalue weighted by Gasteiger charge is -2.41. The van der Waals surface area contributed by atoms with Gasteiger partial charge in [0.15, 0.2) is 0 Å². The van der Waals surface area contributed by atoms with Crippen LogP contribution in [0.2, 0.25) is 0 Å². The molecule has 0 radical (unpaired) electrons. The number of ether oxygens (including phenoxy) is 1. The van der Waals surface area contributed by atoms with Crippen LogP contribution < -0.4 is 5.73 Å². The molecule has 0 bridgehead atoms. The first kappa shape index (κ1) is 16.2. The summed E-state index contributed by atoms with van der Waals surface area (Å²) in [6.45, 7) is 7.81. The number of nitrogens with two attached hydrogens (primary N) is 1. The highest BCUT2D eigenvalue weighted by atomic mass is 32.2. The van der Waals surface area contributed by atoms with Gasteiger partial charge in [-0.25, -0.2) is 0 Å². The van der Waals surface area contributed by atoms with E-state index in [0.717, 1.165) is 12.8 Å². The number of piperidine rings is 1. The van der Waals surface area contributed by atoms with Gasteiger partial charge in [0.2, 0.25) is 0 Å². The van der Waals surface area contributed by atoms with Crippen molar-refractivity contribution in [1.82, 2.24) is 8.61 Å². The van der Waals surface area contributed by atoms with Crippen molar-refractivity contribution in [2.24, 2.45) is 11.7 Å². The van der Waals surface area contributed by atoms with E-state index in [1.54, 1.807) is 8.61 Å². The smallest absolute Gasteiger partial charge is 0.282 e. The molecule has 0 aromatic carbocycles. The second-order valence-electron chi connectivity index (χ2n) is 6.19. The monoisotopic (exact) mass is 305 g/mol. The molecule has 2 aliphatic heterocycles. The van der Waals surface area contributed by atoms with Crippen LogP contribution in [-0.4, -0.2) is 61.5 Å². The first-order valence-corrected chi connectivity index (χ1v) is 8.86. The lowest BCUT2D eigenvalue weighted by atomic mass is 9.93. The van der Waals surface area contributed by atoms with Crippen molar-refractivity contribution in [1.29, 1.82) is 0 Å². The Labute approximate surface area is 122 Å². The highest BCUT2D eigenvalue weighted by Gasteiger charge is 2.39. The molecular formula is C13H27N3O3S. The molecule has 2 N–H and O–H groups in total. The number of morpholine rings is 1. The maximum Gasteiger partial charge on any atom is 0.282 e. The lowest BCUT2D eigenvalue weighted by molar-refractivity contribution is -0.0195. The standard InChI is InChI=1S/C13H27N3O3S/c1-10-9-19-11(2)7-16(10)20(17,18)15-6-4-5-13(8-15)12(3)14/h10-13H,4-9,14H2,1-3H3/t10-,11+,12+,13-/m0/s1. The number of hydrogen-bond acceptors (Lipinski definition) is 4. The van der Waals surface area contributed by atoms with Crippen LogP contribution in [-0.2, 0) is 14.9 Å². The van der Waals surface area contributed by atoms with E-state index < -0.39 is 10.2 Å². The molecule has 118 valence electrons. The Morgan fingerprint density at radius 3 is 2.65 bits per heavy atom. The van der Waals surface area contributed by atoms with E-state index in [4.69, 9.17) is 10.5 Å². The summed E-state index contributed by atoms with van der Waals surface area (Å²) in [5, 5.41) is 0. The Morgan fingerprint density at radius 2 is 2.00 bits per heavy atom. The van der Waals surface area contributed by atoms with Gasteiger partial charge in [-0.3, -0.25) is 0 Å². The molecule has 4 atom stereocenters. The minimum Gasteiger partial charge on any atom is -0.375 e. The van der Waals surface area contributed by atoms with E-state index in [2.05, 4.69) is 0 Å². The molecule has 2 fully saturated rings. The molecule has 0 unspecified atom stereocenters. The van der Waals surface area contributed by atoms with Crippen LogP contribution in [0, 0.1) is 5.92 Å². The first-order chi connectivity index (χ1) is 9.32. The predicted molar refractivity (Wildman–Crippen MR) is 78.4 cm³/mol. The summed E-state index contributed by atoms with van der Waals surface area (Å²) in [5.74, 6) is 0.257. The minimum atomic E-state index is -3.40. The maximum atomic E-state index is 12.8. The van der Waals surface area contributed by atoms with E-state index >= 15 is 0 Å². The van der Waals surface area contributed by atoms with Gasteiger partial charge in [0.05, 0.1) is 12.7 Å². The summed E-state index contributed by atoms with van der Waals surface area (Å²) in [6.07, 6.45) is 1.85. The molecule has 2 rings (SSSR count). The topological polar surface area (TPSA) is 75.9 Å². The van der Waals surface area contributed by atoms with Gasteiger partial charge in [-0.15, -0.1) is 0 Å². The van der Waals surface area contributed by atoms with E-state index in [-0.39, 0.29) is 24.1 Å². The van der Waals surface area contributed by atoms with Crippen LogP contribution in [0.1, 0.15) is 33.6 Å². The first-order valence-electron chi connectivity index (χ1n) is 7.46. The van der Waals surface area contributed by atoms with E-state index in [9.17, 15) is 8.42 Å². The molecule has 7 heteroatoms. The maximum absolute atomic E-state index is 12.8. The summed E-state index contributed by atoms with van der Waals surface area (Å²) < 4.78 is 34.4. The molecule has 6 nitrogen and oxygen atoms in total. The molecule has 2 aliphatic rings. The fourth-order valence-corrected chi connectivity index (χ4v) is 4.91. The van der Waals surface area contributed by atoms with Gasteiger partial charge in [0.25, 0.3) is 10.2 Å². The van der Waals surface area contributed by atoms with Crippen molar-refractivity contribution in [3.8, 4) is 0 Å². The average molecular weight is 305 g/mol. The van der Waals surface area contributed by atoms with Gasteiger partial charge in [-0.2, -0.15) is 17.0 Å². The third-order valence-electron chi connectivity index (χ3n) is 4.34. The van der Waals surface area contributed by atoms with Crippen LogP contribution in [0.25, 0.3) is 0 Å². The highest BCUT2D eigenvalue weighted by Crippen LogP contribution is 2.25. The molecule has 20 heavy (non-hydrogen) atoms. The molecule has 0 spiro atoms. The third kappa shape index (κ3) is 3.33. The summed E-state index contributed by atoms with van der Waals surface area (Å²) >= 11 is 0. The number of hydrogen-bond donors (Lipinski definition) is 1. The van der Waals surface area contributed by atoms with E-state index in [1.165, 1.54) is 0 Å². The van der Waals surface area contributed by atoms with Gasteiger partial charge >= 0.3 is 0 Å². The zero-order valence-corrected chi connectivity index (χ0v) is 13.5. The van der Waals surface area contributed by atoms with Gasteiger partial charge < -0.3 is 10.5 Å². The predicted octanol–water partition coefficient (Wildman–Crippen LogP) is 0.400. The van der Waals surface area contributed by atoms with Crippen LogP contribution in [0.4, 0.5) is 0 Å². The summed E-state index contributed by atoms with van der Waals surface area (Å²) in [5.41, 5.74) is 5.95. The minimum absolute atomic E-state index is 0.0361. The molecule has 0 amide bonds. The van der Waals surface area contributed by atoms with Gasteiger partial charge in [0.1, 0.15) is 0 Å². The zero-order chi connectivity index (χ0) is 14.9. The summed E-state index contributed by atoms with van der Waals surface area (Å²) in [7, 11) is -3.40. The Kier molecular flexibility index (Phi) is 5.07. The molecule has 2 saturated heterocycles. The van der Waals surface area contributed by atoms with Crippen LogP contribution in [0.5, 0.6) is 0 Å². The van der Waals surface area contributed by atoms with Gasteiger partial charge in [-0.1, -0.05) is 0 Å². The third-order valence-corrected chi connectivity index (χ3v) is 6.42. The van der Waals surface area contributed by atoms with Crippen molar-refractivity contribution < 1.29 is 13.2 Å². The fraction of sp³-hybridized carbons (Fsp3) is 1.00. The SMILES string of the molecule is C[C@@H]1CN(S(=O)(=O)N2CCC[C@H]([C@@H](C)N)C2)[C@@H](C)CO1. The summed E-state index contributed by atoms with van der Waals surface area (Å²) in [4.78, 5) is 0. The van der Waals surface area contributed by atoms with Gasteiger partial charge in [-0.05, 0) is 39.5 Å². The van der Waals surface area contributed by atoms with Gasteiger partial charge in [0, 0.05) is 31.7 Å². The average Bonchev–Trinajstić information content (AvgIpc) is 2.41. The molecule has 0 aromatic heterocycles. The Hall–Kier alpha value is -0.210. The zero-order valence-electron chi connectivity index (χ0n) is 12.7. The van der Waals surface area contributed by atoms with Crippen molar-refractivity contribution in [3.63, 3.8) is 0 Å². The number of rotatable bonds is 3. The fourth-order valence-electron chi connectivity index (χ4n) is 2.96. The molecule has 0 aromatic rings. The van der Waals surface area contributed by atoms with E-state index in [1.807, 2.05) is 20.8 Å². The Morgan fingerprint density at radius 1 is 1.30 bits per heavy atom. The Balaban J connectivity index is 2.12. The van der Waals surface area contributed by atoms with Crippen molar-refractivity contribution >= 4 is 10.2 Å². The van der Waals surface area contributed by atoms with Crippen LogP contribution >= 0.6 is 0 Å². The second-order valence-corrected chi connectivity index (χ2v) is 8.07. The van der Waals surface area contributed by atoms with E-state index in [0.29, 0.717) is 26.2 Å². The number of nitrogens with zero attached hydrogens (tertiary/aromatic N) is 2. The summed E-state index contributed by atoms with van der Waals surface area (Å²) in [6, 6.07) is -0.0686. The van der Waals surface area contributed by atoms with Crippen molar-refractivity contribution in [2.75, 3.05) is 26.2 Å². The Bertz CT molecular complexity index is 427. The molecular weight excluding hydrogens is 278 g/mol.